The summed E-state index contributed by atoms with van der Waals surface area (Å²) in [7, 11) is 0. The van der Waals surface area contributed by atoms with E-state index in [0.29, 0.717) is 5.13 Å². The molecule has 6 heteroatoms. The SMILES string of the molecule is CCc1csc(NC(=O)NCC(C)(O)C(C)CC)n1. The average Bonchev–Trinajstić information content (AvgIpc) is 2.83. The maximum Gasteiger partial charge on any atom is 0.321 e. The first kappa shape index (κ1) is 15.9. The number of hydrogen-bond acceptors (Lipinski definition) is 4. The molecule has 108 valence electrons. The monoisotopic (exact) mass is 285 g/mol. The summed E-state index contributed by atoms with van der Waals surface area (Å²) in [5.41, 5.74) is 0.0655. The Balaban J connectivity index is 2.43. The fourth-order valence-corrected chi connectivity index (χ4v) is 2.33. The molecule has 0 aliphatic rings. The molecule has 1 rings (SSSR count). The number of carbonyl (C=O) groups excluding carboxylic acids is 1. The molecule has 19 heavy (non-hydrogen) atoms. The number of anilines is 1. The van der Waals surface area contributed by atoms with Gasteiger partial charge >= 0.3 is 6.03 Å². The van der Waals surface area contributed by atoms with Gasteiger partial charge in [-0.2, -0.15) is 0 Å². The van der Waals surface area contributed by atoms with Gasteiger partial charge in [-0.15, -0.1) is 11.3 Å². The van der Waals surface area contributed by atoms with E-state index in [2.05, 4.69) is 15.6 Å². The summed E-state index contributed by atoms with van der Waals surface area (Å²) in [6.45, 7) is 7.96. The summed E-state index contributed by atoms with van der Waals surface area (Å²) in [6.07, 6.45) is 1.71. The highest BCUT2D eigenvalue weighted by Crippen LogP contribution is 2.19. The van der Waals surface area contributed by atoms with Crippen LogP contribution in [0.4, 0.5) is 9.93 Å². The van der Waals surface area contributed by atoms with Crippen LogP contribution in [0, 0.1) is 5.92 Å². The summed E-state index contributed by atoms with van der Waals surface area (Å²) in [5.74, 6) is 0.124. The van der Waals surface area contributed by atoms with Crippen molar-refractivity contribution in [2.24, 2.45) is 5.92 Å². The quantitative estimate of drug-likeness (QED) is 0.752. The third-order valence-electron chi connectivity index (χ3n) is 3.42. The van der Waals surface area contributed by atoms with Gasteiger partial charge in [0.15, 0.2) is 5.13 Å². The second-order valence-electron chi connectivity index (χ2n) is 4.97. The van der Waals surface area contributed by atoms with Crippen LogP contribution >= 0.6 is 11.3 Å². The number of amides is 2. The molecular weight excluding hydrogens is 262 g/mol. The number of thiazole rings is 1. The molecule has 0 fully saturated rings. The number of nitrogens with one attached hydrogen (secondary N) is 2. The van der Waals surface area contributed by atoms with E-state index in [-0.39, 0.29) is 18.5 Å². The number of carbonyl (C=O) groups is 1. The van der Waals surface area contributed by atoms with Gasteiger partial charge in [-0.25, -0.2) is 9.78 Å². The number of aliphatic hydroxyl groups is 1. The Morgan fingerprint density at radius 1 is 1.58 bits per heavy atom. The Labute approximate surface area is 118 Å². The standard InChI is InChI=1S/C13H23N3O2S/c1-5-9(3)13(4,18)8-14-11(17)16-12-15-10(6-2)7-19-12/h7,9,18H,5-6,8H2,1-4H3,(H2,14,15,16,17). The number of nitrogens with zero attached hydrogens (tertiary/aromatic N) is 1. The maximum absolute atomic E-state index is 11.7. The number of urea groups is 1. The lowest BCUT2D eigenvalue weighted by atomic mass is 9.89. The summed E-state index contributed by atoms with van der Waals surface area (Å²) in [4.78, 5) is 15.9. The fourth-order valence-electron chi connectivity index (χ4n) is 1.54. The zero-order valence-electron chi connectivity index (χ0n) is 12.0. The minimum Gasteiger partial charge on any atom is -0.388 e. The van der Waals surface area contributed by atoms with Crippen LogP contribution in [0.25, 0.3) is 0 Å². The molecule has 3 N–H and O–H groups in total. The van der Waals surface area contributed by atoms with E-state index in [4.69, 9.17) is 0 Å². The third kappa shape index (κ3) is 4.80. The van der Waals surface area contributed by atoms with Crippen LogP contribution in [0.15, 0.2) is 5.38 Å². The van der Waals surface area contributed by atoms with Gasteiger partial charge in [0.05, 0.1) is 11.3 Å². The fraction of sp³-hybridized carbons (Fsp3) is 0.692. The van der Waals surface area contributed by atoms with Crippen LogP contribution in [0.2, 0.25) is 0 Å². The van der Waals surface area contributed by atoms with Crippen LogP contribution < -0.4 is 10.6 Å². The van der Waals surface area contributed by atoms with Gasteiger partial charge in [-0.3, -0.25) is 5.32 Å². The molecule has 1 heterocycles. The van der Waals surface area contributed by atoms with E-state index in [1.165, 1.54) is 11.3 Å². The van der Waals surface area contributed by atoms with E-state index >= 15 is 0 Å². The van der Waals surface area contributed by atoms with E-state index < -0.39 is 5.60 Å². The molecule has 2 amide bonds. The van der Waals surface area contributed by atoms with E-state index in [9.17, 15) is 9.90 Å². The van der Waals surface area contributed by atoms with E-state index in [0.717, 1.165) is 18.5 Å². The molecule has 2 atom stereocenters. The molecule has 1 aromatic heterocycles. The average molecular weight is 285 g/mol. The van der Waals surface area contributed by atoms with Gasteiger partial charge in [0.2, 0.25) is 0 Å². The van der Waals surface area contributed by atoms with Crippen molar-refractivity contribution in [3.8, 4) is 0 Å². The molecule has 0 aliphatic heterocycles. The first-order valence-electron chi connectivity index (χ1n) is 6.60. The molecule has 0 aromatic carbocycles. The molecule has 1 aromatic rings. The second-order valence-corrected chi connectivity index (χ2v) is 5.83. The summed E-state index contributed by atoms with van der Waals surface area (Å²) >= 11 is 1.40. The largest absolute Gasteiger partial charge is 0.388 e. The molecule has 0 radical (unpaired) electrons. The highest BCUT2D eigenvalue weighted by Gasteiger charge is 2.27. The van der Waals surface area contributed by atoms with Gasteiger partial charge in [0.1, 0.15) is 0 Å². The van der Waals surface area contributed by atoms with Crippen molar-refractivity contribution in [2.45, 2.75) is 46.1 Å². The molecule has 0 saturated heterocycles. The van der Waals surface area contributed by atoms with Crippen molar-refractivity contribution >= 4 is 22.5 Å². The number of aryl methyl sites for hydroxylation is 1. The highest BCUT2D eigenvalue weighted by atomic mass is 32.1. The van der Waals surface area contributed by atoms with Crippen molar-refractivity contribution in [3.05, 3.63) is 11.1 Å². The second kappa shape index (κ2) is 6.86. The molecule has 2 unspecified atom stereocenters. The van der Waals surface area contributed by atoms with E-state index in [1.807, 2.05) is 26.2 Å². The smallest absolute Gasteiger partial charge is 0.321 e. The molecule has 0 saturated carbocycles. The lowest BCUT2D eigenvalue weighted by Crippen LogP contribution is -2.46. The van der Waals surface area contributed by atoms with Crippen molar-refractivity contribution in [1.82, 2.24) is 10.3 Å². The molecular formula is C13H23N3O2S. The molecule has 5 nitrogen and oxygen atoms in total. The Morgan fingerprint density at radius 2 is 2.26 bits per heavy atom. The minimum absolute atomic E-state index is 0.124. The van der Waals surface area contributed by atoms with Crippen molar-refractivity contribution in [2.75, 3.05) is 11.9 Å². The van der Waals surface area contributed by atoms with Crippen LogP contribution in [-0.4, -0.2) is 28.3 Å². The normalized spacial score (nSPS) is 15.6. The topological polar surface area (TPSA) is 74.2 Å². The Kier molecular flexibility index (Phi) is 5.75. The maximum atomic E-state index is 11.7. The first-order valence-corrected chi connectivity index (χ1v) is 7.48. The minimum atomic E-state index is -0.899. The van der Waals surface area contributed by atoms with Crippen molar-refractivity contribution in [1.29, 1.82) is 0 Å². The van der Waals surface area contributed by atoms with Crippen molar-refractivity contribution in [3.63, 3.8) is 0 Å². The predicted molar refractivity (Wildman–Crippen MR) is 78.6 cm³/mol. The van der Waals surface area contributed by atoms with Crippen molar-refractivity contribution < 1.29 is 9.90 Å². The summed E-state index contributed by atoms with van der Waals surface area (Å²) < 4.78 is 0. The van der Waals surface area contributed by atoms with Crippen LogP contribution in [0.3, 0.4) is 0 Å². The summed E-state index contributed by atoms with van der Waals surface area (Å²) in [6, 6.07) is -0.333. The first-order chi connectivity index (χ1) is 8.89. The Bertz CT molecular complexity index is 418. The van der Waals surface area contributed by atoms with Crippen LogP contribution in [-0.2, 0) is 6.42 Å². The van der Waals surface area contributed by atoms with Gasteiger partial charge in [0.25, 0.3) is 0 Å². The number of rotatable bonds is 6. The molecule has 0 spiro atoms. The van der Waals surface area contributed by atoms with Gasteiger partial charge in [-0.1, -0.05) is 27.2 Å². The molecule has 0 aliphatic carbocycles. The zero-order valence-corrected chi connectivity index (χ0v) is 12.8. The van der Waals surface area contributed by atoms with Crippen LogP contribution in [0.5, 0.6) is 0 Å². The van der Waals surface area contributed by atoms with E-state index in [1.54, 1.807) is 6.92 Å². The third-order valence-corrected chi connectivity index (χ3v) is 4.22. The number of aromatic nitrogens is 1. The predicted octanol–water partition coefficient (Wildman–Crippen LogP) is 2.62. The highest BCUT2D eigenvalue weighted by molar-refractivity contribution is 7.13. The Hall–Kier alpha value is -1.14. The van der Waals surface area contributed by atoms with Gasteiger partial charge < -0.3 is 10.4 Å². The number of hydrogen-bond donors (Lipinski definition) is 3. The lowest BCUT2D eigenvalue weighted by molar-refractivity contribution is 0.00827. The molecule has 0 bridgehead atoms. The van der Waals surface area contributed by atoms with Gasteiger partial charge in [0, 0.05) is 11.9 Å². The Morgan fingerprint density at radius 3 is 2.79 bits per heavy atom. The summed E-state index contributed by atoms with van der Waals surface area (Å²) in [5, 5.41) is 18.0. The van der Waals surface area contributed by atoms with Crippen LogP contribution in [0.1, 0.15) is 39.8 Å². The zero-order chi connectivity index (χ0) is 14.5. The van der Waals surface area contributed by atoms with Gasteiger partial charge in [-0.05, 0) is 19.3 Å². The lowest BCUT2D eigenvalue weighted by Gasteiger charge is -2.29.